The molecule has 1 aliphatic heterocycles. The maximum atomic E-state index is 13.8. The van der Waals surface area contributed by atoms with Gasteiger partial charge in [0.25, 0.3) is 0 Å². The van der Waals surface area contributed by atoms with Gasteiger partial charge in [0, 0.05) is 31.1 Å². The highest BCUT2D eigenvalue weighted by Gasteiger charge is 2.51. The molecule has 420 valence electrons. The number of cyclic esters (lactones) is 1. The molecule has 2 aliphatic rings. The summed E-state index contributed by atoms with van der Waals surface area (Å²) in [6, 6.07) is 0. The number of hydrogen-bond acceptors (Lipinski definition) is 16. The lowest BCUT2D eigenvalue weighted by Gasteiger charge is -2.38. The minimum Gasteiger partial charge on any atom is -0.462 e. The summed E-state index contributed by atoms with van der Waals surface area (Å²) in [4.78, 5) is 70.6. The van der Waals surface area contributed by atoms with E-state index in [9.17, 15) is 68.8 Å². The molecule has 0 amide bonds. The molecular weight excluding hydrogens is 991 g/mol. The molecule has 2 bridgehead atoms. The van der Waals surface area contributed by atoms with E-state index in [0.717, 1.165) is 76.4 Å². The van der Waals surface area contributed by atoms with Crippen LogP contribution in [0.25, 0.3) is 0 Å². The third-order valence-electron chi connectivity index (χ3n) is 12.7. The molecule has 12 atom stereocenters. The van der Waals surface area contributed by atoms with Crippen molar-refractivity contribution in [3.8, 4) is 0 Å². The second-order valence-corrected chi connectivity index (χ2v) is 21.6. The molecule has 0 aromatic heterocycles. The Bertz CT molecular complexity index is 1800. The zero-order valence-corrected chi connectivity index (χ0v) is 44.8. The number of rotatable bonds is 27. The molecule has 0 spiro atoms. The number of ketones is 1. The first kappa shape index (κ1) is 66.4. The molecule has 2 rings (SSSR count). The van der Waals surface area contributed by atoms with Crippen LogP contribution in [0.4, 0.5) is 0 Å². The number of allylic oxidation sites excluding steroid dienone is 8. The van der Waals surface area contributed by atoms with Crippen LogP contribution in [0, 0.1) is 11.8 Å². The van der Waals surface area contributed by atoms with Gasteiger partial charge in [-0.05, 0) is 70.6 Å². The zero-order valence-electron chi connectivity index (χ0n) is 43.0. The number of carbonyl (C=O) groups excluding carboxylic acids is 3. The molecule has 1 saturated carbocycles. The smallest absolute Gasteiger partial charge is 0.462 e. The fourth-order valence-corrected chi connectivity index (χ4v) is 9.97. The van der Waals surface area contributed by atoms with Crippen LogP contribution in [-0.4, -0.2) is 131 Å². The molecule has 1 unspecified atom stereocenters. The summed E-state index contributed by atoms with van der Waals surface area (Å²) in [5.74, 6) is -5.71. The second kappa shape index (κ2) is 37.9. The maximum Gasteiger partial charge on any atom is 0.472 e. The maximum absolute atomic E-state index is 13.8. The third-order valence-corrected chi connectivity index (χ3v) is 14.2. The Labute approximate surface area is 432 Å². The summed E-state index contributed by atoms with van der Waals surface area (Å²) in [6.07, 6.45) is 14.3. The number of phosphoric ester groups is 2. The molecule has 21 heteroatoms. The highest BCUT2D eigenvalue weighted by Crippen LogP contribution is 2.49. The number of hydrogen-bond donors (Lipinski definition) is 9. The first-order chi connectivity index (χ1) is 34.8. The molecule has 0 radical (unpaired) electrons. The summed E-state index contributed by atoms with van der Waals surface area (Å²) in [7, 11) is -11.5. The number of aliphatic hydroxyl groups excluding tert-OH is 6. The number of ether oxygens (including phenoxy) is 2. The van der Waals surface area contributed by atoms with E-state index in [0.29, 0.717) is 19.3 Å². The Morgan fingerprint density at radius 1 is 0.795 bits per heavy atom. The average Bonchev–Trinajstić information content (AvgIpc) is 3.33. The van der Waals surface area contributed by atoms with Crippen LogP contribution in [0.3, 0.4) is 0 Å². The summed E-state index contributed by atoms with van der Waals surface area (Å²) in [5.41, 5.74) is 0. The largest absolute Gasteiger partial charge is 0.472 e. The Balaban J connectivity index is 2.22. The molecule has 0 saturated heterocycles. The highest BCUT2D eigenvalue weighted by atomic mass is 31.2. The van der Waals surface area contributed by atoms with E-state index in [4.69, 9.17) is 23.0 Å². The van der Waals surface area contributed by atoms with Gasteiger partial charge in [-0.3, -0.25) is 28.0 Å². The standard InChI is InChI=1S/C52H88O19P2/c1-3-5-7-8-9-10-11-12-13-14-15-16-17-18-19-20-21-22-23-29-33-46(57)69-40-37-67-45(56)32-28-25-24-27-31-41-43(54)36-44(55)42(35-34-39(53)30-26-6-4-2)48(59)51(70-72(62,63)64)52(50(61)49(60)47(41)58)71-73(65,66)68-38-40/h10-11,13-14,16-17,24,27,34-35,39-42,44,47-53,55,58-61H,3-9,12,15,18-23,25-26,28-33,36-38H2,1-2H3,(H,65,66)(H2,62,63,64)/b11-10-,14-13-,17-16-,27-24-,35-34+/t39-,40+,41-,42-,44+,47+,48+,49-,50+,51+,52-/m0/s1. The van der Waals surface area contributed by atoms with Crippen LogP contribution in [0.1, 0.15) is 168 Å². The van der Waals surface area contributed by atoms with Gasteiger partial charge in [-0.25, -0.2) is 9.13 Å². The van der Waals surface area contributed by atoms with Gasteiger partial charge >= 0.3 is 27.6 Å². The van der Waals surface area contributed by atoms with Crippen LogP contribution in [0.5, 0.6) is 0 Å². The van der Waals surface area contributed by atoms with E-state index < -0.39 is 120 Å². The van der Waals surface area contributed by atoms with E-state index >= 15 is 0 Å². The third kappa shape index (κ3) is 29.4. The van der Waals surface area contributed by atoms with Gasteiger partial charge in [-0.1, -0.05) is 139 Å². The van der Waals surface area contributed by atoms with Gasteiger partial charge in [-0.15, -0.1) is 0 Å². The van der Waals surface area contributed by atoms with Crippen LogP contribution in [0.15, 0.2) is 60.8 Å². The van der Waals surface area contributed by atoms with Crippen LogP contribution < -0.4 is 0 Å². The quantitative estimate of drug-likeness (QED) is 0.0165. The Morgan fingerprint density at radius 3 is 2.04 bits per heavy atom. The summed E-state index contributed by atoms with van der Waals surface area (Å²) in [5, 5.41) is 68.3. The fourth-order valence-electron chi connectivity index (χ4n) is 8.44. The number of phosphoric acid groups is 2. The van der Waals surface area contributed by atoms with Crippen molar-refractivity contribution in [1.29, 1.82) is 0 Å². The van der Waals surface area contributed by atoms with Crippen LogP contribution >= 0.6 is 15.6 Å². The summed E-state index contributed by atoms with van der Waals surface area (Å²) >= 11 is 0. The molecule has 19 nitrogen and oxygen atoms in total. The van der Waals surface area contributed by atoms with E-state index in [1.165, 1.54) is 31.8 Å². The highest BCUT2D eigenvalue weighted by molar-refractivity contribution is 7.47. The van der Waals surface area contributed by atoms with Gasteiger partial charge in [0.15, 0.2) is 6.10 Å². The van der Waals surface area contributed by atoms with E-state index in [-0.39, 0.29) is 38.5 Å². The van der Waals surface area contributed by atoms with Crippen molar-refractivity contribution >= 4 is 33.4 Å². The lowest BCUT2D eigenvalue weighted by atomic mass is 9.84. The van der Waals surface area contributed by atoms with E-state index in [2.05, 4.69) is 43.4 Å². The van der Waals surface area contributed by atoms with Gasteiger partial charge in [-0.2, -0.15) is 0 Å². The van der Waals surface area contributed by atoms with Gasteiger partial charge in [0.05, 0.1) is 31.0 Å². The first-order valence-corrected chi connectivity index (χ1v) is 29.5. The molecule has 0 aromatic rings. The summed E-state index contributed by atoms with van der Waals surface area (Å²) < 4.78 is 52.3. The van der Waals surface area contributed by atoms with Gasteiger partial charge in [0.2, 0.25) is 0 Å². The van der Waals surface area contributed by atoms with Crippen LogP contribution in [-0.2, 0) is 46.6 Å². The Kier molecular flexibility index (Phi) is 34.5. The number of unbranched alkanes of at least 4 members (excludes halogenated alkanes) is 12. The molecule has 1 heterocycles. The molecule has 1 fully saturated rings. The van der Waals surface area contributed by atoms with Crippen molar-refractivity contribution in [3.05, 3.63) is 60.8 Å². The molecule has 0 aromatic carbocycles. The Hall–Kier alpha value is -2.71. The fraction of sp³-hybridized carbons (Fsp3) is 0.750. The predicted molar refractivity (Wildman–Crippen MR) is 274 cm³/mol. The first-order valence-electron chi connectivity index (χ1n) is 26.4. The SMILES string of the molecule is CCCCCC/C=C\C/C=C\C/C=C\CCCCCCCCC(=O)O[C@@H]1COC(=O)CCC/C=C\C[C@H]2C(=O)C[C@@H](O)[C@H](/C=C/[C@@H](O)CCCCC)[C@@H](O)[C@@H](OP(=O)(O)O)[C@@H](OP(=O)(O)OC1)[C@H](O)[C@@H](O)[C@@H]2O. The van der Waals surface area contributed by atoms with Gasteiger partial charge < -0.3 is 54.8 Å². The molecule has 73 heavy (non-hydrogen) atoms. The van der Waals surface area contributed by atoms with E-state index in [1.54, 1.807) is 6.08 Å². The topological polar surface area (TPSA) is 314 Å². The van der Waals surface area contributed by atoms with Gasteiger partial charge in [0.1, 0.15) is 36.8 Å². The van der Waals surface area contributed by atoms with Crippen molar-refractivity contribution < 1.29 is 91.9 Å². The predicted octanol–water partition coefficient (Wildman–Crippen LogP) is 7.60. The number of carbonyl (C=O) groups is 3. The van der Waals surface area contributed by atoms with Crippen molar-refractivity contribution in [2.45, 2.75) is 223 Å². The minimum atomic E-state index is -5.79. The van der Waals surface area contributed by atoms with Crippen molar-refractivity contribution in [1.82, 2.24) is 0 Å². The molecule has 1 aliphatic carbocycles. The average molecular weight is 1080 g/mol. The van der Waals surface area contributed by atoms with Crippen molar-refractivity contribution in [2.24, 2.45) is 11.8 Å². The van der Waals surface area contributed by atoms with Crippen LogP contribution in [0.2, 0.25) is 0 Å². The normalized spacial score (nSPS) is 29.8. The van der Waals surface area contributed by atoms with Crippen molar-refractivity contribution in [3.63, 3.8) is 0 Å². The minimum absolute atomic E-state index is 0.0520. The number of fused-ring (bicyclic) bond motifs is 4. The second-order valence-electron chi connectivity index (χ2n) is 19.0. The number of aliphatic hydroxyl groups is 6. The number of esters is 2. The summed E-state index contributed by atoms with van der Waals surface area (Å²) in [6.45, 7) is 2.53. The monoisotopic (exact) mass is 1080 g/mol. The van der Waals surface area contributed by atoms with Crippen molar-refractivity contribution in [2.75, 3.05) is 13.2 Å². The lowest BCUT2D eigenvalue weighted by molar-refractivity contribution is -0.164. The number of Topliss-reactive ketones (excluding diaryl/α,β-unsaturated/α-hetero) is 1. The molecule has 9 N–H and O–H groups in total. The zero-order chi connectivity index (χ0) is 54.1. The molecular formula is C52H88O19P2. The lowest BCUT2D eigenvalue weighted by Crippen LogP contribution is -2.56. The Morgan fingerprint density at radius 2 is 1.40 bits per heavy atom. The van der Waals surface area contributed by atoms with E-state index in [1.807, 2.05) is 6.92 Å².